The summed E-state index contributed by atoms with van der Waals surface area (Å²) in [5.41, 5.74) is 2.46. The van der Waals surface area contributed by atoms with E-state index in [0.29, 0.717) is 0 Å². The average Bonchev–Trinajstić information content (AvgIpc) is 2.48. The highest BCUT2D eigenvalue weighted by atomic mass is 35.5. The predicted molar refractivity (Wildman–Crippen MR) is 83.7 cm³/mol. The van der Waals surface area contributed by atoms with E-state index in [1.165, 1.54) is 22.9 Å². The third-order valence-corrected chi connectivity index (χ3v) is 8.36. The summed E-state index contributed by atoms with van der Waals surface area (Å²) < 4.78 is 11.6. The maximum absolute atomic E-state index is 12.6. The SMILES string of the molecule is CC(C)(C)C1=C(C(C)(C)C)[C@H]2S(=O)[C@@H]1SC2(Cl)Cl. The minimum Gasteiger partial charge on any atom is -0.257 e. The lowest BCUT2D eigenvalue weighted by atomic mass is 9.74. The Balaban J connectivity index is 2.67. The third-order valence-electron chi connectivity index (χ3n) is 3.42. The Labute approximate surface area is 127 Å². The van der Waals surface area contributed by atoms with Gasteiger partial charge in [0.15, 0.2) is 3.67 Å². The minimum absolute atomic E-state index is 0.00890. The van der Waals surface area contributed by atoms with Crippen molar-refractivity contribution in [1.82, 2.24) is 0 Å². The van der Waals surface area contributed by atoms with Crippen LogP contribution in [0, 0.1) is 10.8 Å². The van der Waals surface area contributed by atoms with E-state index in [9.17, 15) is 4.21 Å². The molecule has 5 heteroatoms. The van der Waals surface area contributed by atoms with E-state index in [4.69, 9.17) is 23.2 Å². The van der Waals surface area contributed by atoms with Crippen LogP contribution in [-0.2, 0) is 10.8 Å². The molecule has 18 heavy (non-hydrogen) atoms. The van der Waals surface area contributed by atoms with Crippen molar-refractivity contribution in [1.29, 1.82) is 0 Å². The molecule has 2 aliphatic heterocycles. The minimum atomic E-state index is -0.999. The van der Waals surface area contributed by atoms with Gasteiger partial charge in [0, 0.05) is 10.8 Å². The fourth-order valence-electron chi connectivity index (χ4n) is 2.79. The monoisotopic (exact) mass is 326 g/mol. The van der Waals surface area contributed by atoms with Crippen molar-refractivity contribution in [2.24, 2.45) is 10.8 Å². The fraction of sp³-hybridized carbons (Fsp3) is 0.846. The maximum Gasteiger partial charge on any atom is 0.182 e. The van der Waals surface area contributed by atoms with E-state index >= 15 is 0 Å². The van der Waals surface area contributed by atoms with E-state index in [1.807, 2.05) is 0 Å². The van der Waals surface area contributed by atoms with E-state index in [0.717, 1.165) is 0 Å². The molecule has 2 bridgehead atoms. The van der Waals surface area contributed by atoms with E-state index in [-0.39, 0.29) is 20.7 Å². The Morgan fingerprint density at radius 2 is 1.50 bits per heavy atom. The molecule has 0 N–H and O–H groups in total. The largest absolute Gasteiger partial charge is 0.257 e. The summed E-state index contributed by atoms with van der Waals surface area (Å²) in [5, 5.41) is -0.231. The summed E-state index contributed by atoms with van der Waals surface area (Å²) in [6.07, 6.45) is 0. The van der Waals surface area contributed by atoms with Gasteiger partial charge in [0.05, 0.1) is 0 Å². The quantitative estimate of drug-likeness (QED) is 0.473. The topological polar surface area (TPSA) is 17.1 Å². The van der Waals surface area contributed by atoms with Crippen LogP contribution in [0.5, 0.6) is 0 Å². The van der Waals surface area contributed by atoms with Gasteiger partial charge in [0.2, 0.25) is 0 Å². The second-order valence-electron chi connectivity index (χ2n) is 7.05. The lowest BCUT2D eigenvalue weighted by Crippen LogP contribution is -2.35. The van der Waals surface area contributed by atoms with Crippen molar-refractivity contribution in [3.05, 3.63) is 11.1 Å². The van der Waals surface area contributed by atoms with E-state index in [1.54, 1.807) is 0 Å². The first-order chi connectivity index (χ1) is 7.87. The molecule has 1 fully saturated rings. The van der Waals surface area contributed by atoms with Gasteiger partial charge >= 0.3 is 0 Å². The molecule has 0 saturated carbocycles. The van der Waals surface area contributed by atoms with Gasteiger partial charge in [-0.1, -0.05) is 76.5 Å². The van der Waals surface area contributed by atoms with Crippen LogP contribution in [0.15, 0.2) is 11.1 Å². The first-order valence-corrected chi connectivity index (χ1v) is 8.98. The highest BCUT2D eigenvalue weighted by Gasteiger charge is 2.63. The first-order valence-electron chi connectivity index (χ1n) is 6.07. The Morgan fingerprint density at radius 1 is 1.06 bits per heavy atom. The molecule has 0 radical (unpaired) electrons. The Hall–Kier alpha value is 0.820. The van der Waals surface area contributed by atoms with Gasteiger partial charge in [-0.25, -0.2) is 0 Å². The summed E-state index contributed by atoms with van der Waals surface area (Å²) in [4.78, 5) is 0. The van der Waals surface area contributed by atoms with Crippen LogP contribution in [0.3, 0.4) is 0 Å². The number of fused-ring (bicyclic) bond motifs is 2. The number of halogens is 2. The predicted octanol–water partition coefficient (Wildman–Crippen LogP) is 4.71. The van der Waals surface area contributed by atoms with Gasteiger partial charge in [-0.05, 0) is 22.0 Å². The van der Waals surface area contributed by atoms with Gasteiger partial charge in [-0.15, -0.1) is 0 Å². The van der Waals surface area contributed by atoms with Crippen LogP contribution in [-0.4, -0.2) is 17.7 Å². The zero-order valence-electron chi connectivity index (χ0n) is 11.6. The van der Waals surface area contributed by atoms with Crippen LogP contribution in [0.25, 0.3) is 0 Å². The standard InChI is InChI=1S/C13H20Cl2OS2/c1-11(2,3)7-8(12(4,5)6)10-17-13(14,15)9(7)18(10)16/h9-10H,1-6H3/t9-,10+,18?/m1/s1. The smallest absolute Gasteiger partial charge is 0.182 e. The van der Waals surface area contributed by atoms with E-state index in [2.05, 4.69) is 41.5 Å². The molecule has 0 aromatic carbocycles. The van der Waals surface area contributed by atoms with Crippen molar-refractivity contribution < 1.29 is 4.21 Å². The highest BCUT2D eigenvalue weighted by molar-refractivity contribution is 8.18. The summed E-state index contributed by atoms with van der Waals surface area (Å²) in [6, 6.07) is 0. The highest BCUT2D eigenvalue weighted by Crippen LogP contribution is 2.65. The second-order valence-corrected chi connectivity index (χ2v) is 12.1. The molecule has 1 unspecified atom stereocenters. The van der Waals surface area contributed by atoms with Crippen molar-refractivity contribution in [3.63, 3.8) is 0 Å². The van der Waals surface area contributed by atoms with Gasteiger partial charge in [0.25, 0.3) is 0 Å². The maximum atomic E-state index is 12.6. The summed E-state index contributed by atoms with van der Waals surface area (Å²) in [6.45, 7) is 13.0. The van der Waals surface area contributed by atoms with E-state index < -0.39 is 14.5 Å². The summed E-state index contributed by atoms with van der Waals surface area (Å²) in [7, 11) is -0.999. The van der Waals surface area contributed by atoms with Crippen LogP contribution >= 0.6 is 35.0 Å². The molecule has 0 aromatic heterocycles. The van der Waals surface area contributed by atoms with Gasteiger partial charge in [0.1, 0.15) is 9.83 Å². The van der Waals surface area contributed by atoms with Crippen LogP contribution in [0.4, 0.5) is 0 Å². The molecule has 1 saturated heterocycles. The first kappa shape index (κ1) is 15.2. The van der Waals surface area contributed by atoms with Crippen LogP contribution < -0.4 is 0 Å². The van der Waals surface area contributed by atoms with Gasteiger partial charge < -0.3 is 0 Å². The van der Waals surface area contributed by atoms with Crippen molar-refractivity contribution in [3.8, 4) is 0 Å². The van der Waals surface area contributed by atoms with Gasteiger partial charge in [-0.3, -0.25) is 4.21 Å². The number of alkyl halides is 2. The Bertz CT molecular complexity index is 441. The molecule has 2 rings (SSSR count). The molecule has 0 aliphatic carbocycles. The molecule has 0 spiro atoms. The molecule has 1 nitrogen and oxygen atoms in total. The van der Waals surface area contributed by atoms with Crippen LogP contribution in [0.2, 0.25) is 0 Å². The van der Waals surface area contributed by atoms with Gasteiger partial charge in [-0.2, -0.15) is 0 Å². The zero-order chi connectivity index (χ0) is 14.1. The Kier molecular flexibility index (Phi) is 3.51. The molecule has 2 heterocycles. The fourth-order valence-corrected chi connectivity index (χ4v) is 9.08. The molecule has 104 valence electrons. The molecular formula is C13H20Cl2OS2. The third kappa shape index (κ3) is 2.19. The number of rotatable bonds is 0. The molecular weight excluding hydrogens is 307 g/mol. The number of hydrogen-bond acceptors (Lipinski definition) is 2. The molecule has 3 atom stereocenters. The average molecular weight is 327 g/mol. The molecule has 2 aliphatic rings. The zero-order valence-corrected chi connectivity index (χ0v) is 14.8. The molecule has 0 amide bonds. The Morgan fingerprint density at radius 3 is 1.89 bits per heavy atom. The summed E-state index contributed by atoms with van der Waals surface area (Å²) >= 11 is 14.2. The van der Waals surface area contributed by atoms with Crippen LogP contribution in [0.1, 0.15) is 41.5 Å². The second kappa shape index (κ2) is 4.16. The molecule has 0 aromatic rings. The number of hydrogen-bond donors (Lipinski definition) is 0. The lowest BCUT2D eigenvalue weighted by molar-refractivity contribution is 0.436. The van der Waals surface area contributed by atoms with Crippen molar-refractivity contribution in [2.45, 2.75) is 55.0 Å². The lowest BCUT2D eigenvalue weighted by Gasteiger charge is -2.38. The van der Waals surface area contributed by atoms with Crippen molar-refractivity contribution in [2.75, 3.05) is 0 Å². The normalized spacial score (nSPS) is 35.4. The number of thioether (sulfide) groups is 1. The summed E-state index contributed by atoms with van der Waals surface area (Å²) in [5.74, 6) is 0. The van der Waals surface area contributed by atoms with Crippen molar-refractivity contribution >= 4 is 45.8 Å².